The van der Waals surface area contributed by atoms with Crippen molar-refractivity contribution in [2.75, 3.05) is 33.1 Å². The molecule has 0 saturated carbocycles. The van der Waals surface area contributed by atoms with Gasteiger partial charge in [0.15, 0.2) is 0 Å². The molecule has 11 N–H and O–H groups in total. The van der Waals surface area contributed by atoms with Gasteiger partial charge in [0.2, 0.25) is 11.4 Å². The lowest BCUT2D eigenvalue weighted by Crippen LogP contribution is -2.76. The van der Waals surface area contributed by atoms with Crippen LogP contribution in [0.5, 0.6) is 0 Å². The minimum atomic E-state index is -5.34. The largest absolute Gasteiger partial charge is 0.790 e. The number of quaternary nitrogens is 2. The van der Waals surface area contributed by atoms with E-state index in [0.717, 1.165) is 11.2 Å². The number of benzene rings is 1. The topological polar surface area (TPSA) is 338 Å². The van der Waals surface area contributed by atoms with Crippen molar-refractivity contribution >= 4 is 31.7 Å². The molecule has 2 aromatic rings. The molecular weight excluding hydrogens is 603 g/mol. The van der Waals surface area contributed by atoms with Gasteiger partial charge in [0.1, 0.15) is 44.6 Å². The zero-order valence-corrected chi connectivity index (χ0v) is 23.7. The third-order valence-corrected chi connectivity index (χ3v) is 5.67. The number of non-ortho nitro benzene ring substituents is 1. The number of carbonyl (C=O) groups excluding carboxylic acids is 2. The summed E-state index contributed by atoms with van der Waals surface area (Å²) in [6, 6.07) is 7.78. The quantitative estimate of drug-likeness (QED) is 0.0305. The molecule has 1 fully saturated rings. The zero-order valence-electron chi connectivity index (χ0n) is 22.8. The van der Waals surface area contributed by atoms with Gasteiger partial charge in [0.05, 0.1) is 19.0 Å². The first-order valence-corrected chi connectivity index (χ1v) is 13.5. The Balaban J connectivity index is 0.000000548. The van der Waals surface area contributed by atoms with Crippen molar-refractivity contribution in [2.24, 2.45) is 5.10 Å². The summed E-state index contributed by atoms with van der Waals surface area (Å²) in [6.45, 7) is -1.02. The third kappa shape index (κ3) is 13.0. The van der Waals surface area contributed by atoms with E-state index >= 15 is 0 Å². The molecule has 1 aromatic carbocycles. The fraction of sp³-hybridized carbons (Fsp3) is 0.409. The second kappa shape index (κ2) is 16.3. The van der Waals surface area contributed by atoms with Crippen LogP contribution in [-0.2, 0) is 13.9 Å². The Morgan fingerprint density at radius 2 is 1.63 bits per heavy atom. The van der Waals surface area contributed by atoms with E-state index in [2.05, 4.69) is 21.1 Å². The number of rotatable bonds is 11. The Labute approximate surface area is 243 Å². The van der Waals surface area contributed by atoms with E-state index in [4.69, 9.17) is 29.9 Å². The number of nitro benzene ring substituents is 1. The molecule has 1 aromatic heterocycles. The predicted molar refractivity (Wildman–Crippen MR) is 138 cm³/mol. The summed E-state index contributed by atoms with van der Waals surface area (Å²) in [7, 11) is -5.34. The van der Waals surface area contributed by atoms with Gasteiger partial charge < -0.3 is 60.3 Å². The number of imide groups is 1. The summed E-state index contributed by atoms with van der Waals surface area (Å²) in [5.74, 6) is -0.189. The second-order valence-corrected chi connectivity index (χ2v) is 10.0. The lowest BCUT2D eigenvalue weighted by molar-refractivity contribution is -0.557. The van der Waals surface area contributed by atoms with Gasteiger partial charge in [-0.15, -0.1) is 0 Å². The lowest BCUT2D eigenvalue weighted by atomic mass is 10.1. The predicted octanol–water partition coefficient (Wildman–Crippen LogP) is -4.52. The number of hydrazone groups is 1. The average Bonchev–Trinajstić information content (AvgIpc) is 3.54. The van der Waals surface area contributed by atoms with Gasteiger partial charge in [-0.1, -0.05) is 6.92 Å². The number of aliphatic hydroxyl groups excluding tert-OH is 3. The van der Waals surface area contributed by atoms with Crippen LogP contribution in [0.4, 0.5) is 10.5 Å². The number of phosphoric ester groups is 1. The number of carbonyl (C=O) groups is 2. The van der Waals surface area contributed by atoms with Crippen LogP contribution in [0.15, 0.2) is 45.9 Å². The first-order chi connectivity index (χ1) is 19.9. The minimum Gasteiger partial charge on any atom is -0.790 e. The van der Waals surface area contributed by atoms with E-state index in [-0.39, 0.29) is 18.1 Å². The summed E-state index contributed by atoms with van der Waals surface area (Å²) in [4.78, 5) is 55.3. The molecule has 0 radical (unpaired) electrons. The SMILES string of the molecule is CCC([NH3+])(O)CO.O=C1CN(/N=C/c2ccc(-c3ccc([N+](=O)[O-])cc3)o2)C(=O)N1COP(=O)([O-])[O-].[NH3+]C(O)(CO)CO. The molecule has 240 valence electrons. The third-order valence-electron chi connectivity index (χ3n) is 5.24. The molecular formula is C22H33N6O14P. The zero-order chi connectivity index (χ0) is 33.0. The summed E-state index contributed by atoms with van der Waals surface area (Å²) in [6.07, 6.45) is 1.64. The van der Waals surface area contributed by atoms with E-state index in [1.165, 1.54) is 30.3 Å². The molecule has 0 spiro atoms. The van der Waals surface area contributed by atoms with E-state index in [9.17, 15) is 34.1 Å². The van der Waals surface area contributed by atoms with Crippen molar-refractivity contribution in [1.82, 2.24) is 9.91 Å². The van der Waals surface area contributed by atoms with Crippen molar-refractivity contribution in [3.8, 4) is 11.3 Å². The van der Waals surface area contributed by atoms with Crippen molar-refractivity contribution in [1.29, 1.82) is 0 Å². The monoisotopic (exact) mass is 636 g/mol. The van der Waals surface area contributed by atoms with Gasteiger partial charge in [-0.2, -0.15) is 5.10 Å². The highest BCUT2D eigenvalue weighted by Gasteiger charge is 2.36. The summed E-state index contributed by atoms with van der Waals surface area (Å²) in [5.41, 5.74) is 4.21. The highest BCUT2D eigenvalue weighted by atomic mass is 31.2. The Kier molecular flexibility index (Phi) is 14.1. The molecule has 3 amide bonds. The van der Waals surface area contributed by atoms with Crippen molar-refractivity contribution < 1.29 is 74.8 Å². The molecule has 0 bridgehead atoms. The summed E-state index contributed by atoms with van der Waals surface area (Å²) in [5, 5.41) is 57.0. The average molecular weight is 637 g/mol. The number of hydrogen-bond acceptors (Lipinski definition) is 15. The standard InChI is InChI=1S/C15H13N4O9P.C4H11NO2.C3H9NO3/c20-14-8-18(15(21)17(14)9-27-29(24,25)26)16-7-12-5-6-13(28-12)10-1-3-11(4-2-10)19(22)23;1-2-4(5,7)3-6;4-3(7,1-5)2-6/h1-7H,8-9H2,(H2,24,25,26);6-7H,2-3,5H2,1H3;5-7H,1-2,4H2/b16-7+;;. The van der Waals surface area contributed by atoms with Crippen molar-refractivity contribution in [3.63, 3.8) is 0 Å². The highest BCUT2D eigenvalue weighted by Crippen LogP contribution is 2.26. The normalized spacial score (nSPS) is 15.1. The van der Waals surface area contributed by atoms with E-state index < -0.39 is 62.6 Å². The molecule has 2 heterocycles. The molecule has 20 nitrogen and oxygen atoms in total. The number of nitrogens with zero attached hydrogens (tertiary/aromatic N) is 4. The van der Waals surface area contributed by atoms with Crippen LogP contribution in [0.25, 0.3) is 11.3 Å². The summed E-state index contributed by atoms with van der Waals surface area (Å²) >= 11 is 0. The molecule has 1 aliphatic heterocycles. The highest BCUT2D eigenvalue weighted by molar-refractivity contribution is 7.43. The van der Waals surface area contributed by atoms with Crippen LogP contribution in [0, 0.1) is 10.1 Å². The fourth-order valence-corrected chi connectivity index (χ4v) is 2.74. The lowest BCUT2D eigenvalue weighted by Gasteiger charge is -2.29. The van der Waals surface area contributed by atoms with Gasteiger partial charge in [0.25, 0.3) is 11.6 Å². The first-order valence-electron chi connectivity index (χ1n) is 12.0. The summed E-state index contributed by atoms with van der Waals surface area (Å²) < 4.78 is 19.9. The van der Waals surface area contributed by atoms with Gasteiger partial charge in [0, 0.05) is 24.1 Å². The van der Waals surface area contributed by atoms with Crippen LogP contribution in [0.1, 0.15) is 19.1 Å². The Morgan fingerprint density at radius 1 is 1.07 bits per heavy atom. The number of amides is 3. The number of aliphatic hydroxyl groups is 5. The maximum atomic E-state index is 12.0. The number of nitro groups is 1. The Morgan fingerprint density at radius 3 is 2.05 bits per heavy atom. The van der Waals surface area contributed by atoms with Gasteiger partial charge in [-0.05, 0) is 24.3 Å². The van der Waals surface area contributed by atoms with Gasteiger partial charge >= 0.3 is 6.03 Å². The van der Waals surface area contributed by atoms with Gasteiger partial charge in [-0.3, -0.25) is 14.9 Å². The molecule has 3 rings (SSSR count). The molecule has 0 aliphatic carbocycles. The Bertz CT molecular complexity index is 1270. The van der Waals surface area contributed by atoms with Crippen LogP contribution < -0.4 is 21.3 Å². The van der Waals surface area contributed by atoms with Crippen LogP contribution in [-0.4, -0.2) is 103 Å². The minimum absolute atomic E-state index is 0.0712. The fourth-order valence-electron chi connectivity index (χ4n) is 2.49. The van der Waals surface area contributed by atoms with Crippen LogP contribution >= 0.6 is 7.82 Å². The number of furan rings is 1. The van der Waals surface area contributed by atoms with Crippen molar-refractivity contribution in [2.45, 2.75) is 24.8 Å². The Hall–Kier alpha value is -3.66. The van der Waals surface area contributed by atoms with Crippen LogP contribution in [0.3, 0.4) is 0 Å². The molecule has 1 atom stereocenters. The molecule has 1 aliphatic rings. The van der Waals surface area contributed by atoms with E-state index in [1.807, 2.05) is 0 Å². The molecule has 1 saturated heterocycles. The van der Waals surface area contributed by atoms with Gasteiger partial charge in [-0.25, -0.2) is 14.7 Å². The maximum Gasteiger partial charge on any atom is 0.349 e. The van der Waals surface area contributed by atoms with E-state index in [0.29, 0.717) is 22.6 Å². The van der Waals surface area contributed by atoms with Crippen LogP contribution in [0.2, 0.25) is 0 Å². The molecule has 43 heavy (non-hydrogen) atoms. The first kappa shape index (κ1) is 37.4. The number of urea groups is 1. The molecule has 1 unspecified atom stereocenters. The van der Waals surface area contributed by atoms with Crippen molar-refractivity contribution in [3.05, 3.63) is 52.3 Å². The van der Waals surface area contributed by atoms with E-state index in [1.54, 1.807) is 13.0 Å². The smallest absolute Gasteiger partial charge is 0.349 e. The second-order valence-electron chi connectivity index (χ2n) is 8.89. The number of hydrogen-bond donors (Lipinski definition) is 7. The maximum absolute atomic E-state index is 12.0. The number of phosphoric acid groups is 1. The molecule has 21 heteroatoms.